The van der Waals surface area contributed by atoms with Crippen LogP contribution in [0.4, 0.5) is 5.69 Å². The fraction of sp³-hybridized carbons (Fsp3) is 0.350. The molecule has 26 heavy (non-hydrogen) atoms. The molecule has 3 atom stereocenters. The molecule has 2 heterocycles. The maximum Gasteiger partial charge on any atom is 0.241 e. The third kappa shape index (κ3) is 3.85. The van der Waals surface area contributed by atoms with Gasteiger partial charge in [-0.25, -0.2) is 10.9 Å². The Kier molecular flexibility index (Phi) is 5.11. The van der Waals surface area contributed by atoms with Gasteiger partial charge in [0.05, 0.1) is 0 Å². The molecule has 0 aliphatic carbocycles. The van der Waals surface area contributed by atoms with Crippen molar-refractivity contribution in [3.8, 4) is 0 Å². The van der Waals surface area contributed by atoms with Crippen LogP contribution < -0.4 is 16.2 Å². The minimum atomic E-state index is -0.200. The van der Waals surface area contributed by atoms with Crippen LogP contribution in [0, 0.1) is 0 Å². The Morgan fingerprint density at radius 1 is 1.12 bits per heavy atom. The lowest BCUT2D eigenvalue weighted by Gasteiger charge is -2.21. The number of rotatable bonds is 4. The standard InChI is InChI=1S/C20H23ClN4O/c21-15-6-4-5-14(11-15)18-12-19(24-23-18)20(26)25-10-9-17(13-25)22-16-7-2-1-3-8-16/h1-8,11,17-19,22-24H,9-10,12-13H2. The van der Waals surface area contributed by atoms with Crippen LogP contribution in [-0.2, 0) is 4.79 Å². The normalized spacial score (nSPS) is 25.4. The van der Waals surface area contributed by atoms with Crippen molar-refractivity contribution in [1.82, 2.24) is 15.8 Å². The molecule has 3 N–H and O–H groups in total. The minimum absolute atomic E-state index is 0.100. The maximum atomic E-state index is 12.9. The molecule has 2 saturated heterocycles. The number of nitrogens with one attached hydrogen (secondary N) is 3. The Morgan fingerprint density at radius 3 is 2.77 bits per heavy atom. The van der Waals surface area contributed by atoms with Gasteiger partial charge < -0.3 is 10.2 Å². The second kappa shape index (κ2) is 7.66. The molecular weight excluding hydrogens is 348 g/mol. The topological polar surface area (TPSA) is 56.4 Å². The second-order valence-corrected chi connectivity index (χ2v) is 7.40. The number of carbonyl (C=O) groups excluding carboxylic acids is 1. The van der Waals surface area contributed by atoms with Gasteiger partial charge >= 0.3 is 0 Å². The van der Waals surface area contributed by atoms with Crippen LogP contribution in [0.3, 0.4) is 0 Å². The van der Waals surface area contributed by atoms with E-state index < -0.39 is 0 Å². The zero-order valence-electron chi connectivity index (χ0n) is 14.5. The second-order valence-electron chi connectivity index (χ2n) is 6.96. The molecule has 6 heteroatoms. The minimum Gasteiger partial charge on any atom is -0.380 e. The Labute approximate surface area is 158 Å². The first-order chi connectivity index (χ1) is 12.7. The molecule has 2 aromatic carbocycles. The maximum absolute atomic E-state index is 12.9. The average molecular weight is 371 g/mol. The van der Waals surface area contributed by atoms with Crippen LogP contribution in [0.1, 0.15) is 24.4 Å². The van der Waals surface area contributed by atoms with Crippen LogP contribution in [0.5, 0.6) is 0 Å². The summed E-state index contributed by atoms with van der Waals surface area (Å²) in [5.74, 6) is 0.166. The molecule has 2 aliphatic heterocycles. The van der Waals surface area contributed by atoms with Crippen LogP contribution in [0.25, 0.3) is 0 Å². The molecule has 4 rings (SSSR count). The van der Waals surface area contributed by atoms with Crippen molar-refractivity contribution in [1.29, 1.82) is 0 Å². The summed E-state index contributed by atoms with van der Waals surface area (Å²) in [7, 11) is 0. The van der Waals surface area contributed by atoms with Gasteiger partial charge in [-0.15, -0.1) is 0 Å². The molecule has 2 aromatic rings. The number of hydrogen-bond acceptors (Lipinski definition) is 4. The molecule has 0 bridgehead atoms. The summed E-state index contributed by atoms with van der Waals surface area (Å²) in [5.41, 5.74) is 8.60. The van der Waals surface area contributed by atoms with E-state index in [1.807, 2.05) is 47.4 Å². The molecule has 0 saturated carbocycles. The fourth-order valence-electron chi connectivity index (χ4n) is 3.73. The number of hydrogen-bond donors (Lipinski definition) is 3. The van der Waals surface area contributed by atoms with Crippen LogP contribution in [0.2, 0.25) is 5.02 Å². The number of carbonyl (C=O) groups is 1. The van der Waals surface area contributed by atoms with Crippen molar-refractivity contribution >= 4 is 23.2 Å². The molecule has 136 valence electrons. The van der Waals surface area contributed by atoms with Gasteiger partial charge in [-0.05, 0) is 42.7 Å². The molecule has 0 radical (unpaired) electrons. The Morgan fingerprint density at radius 2 is 1.96 bits per heavy atom. The fourth-order valence-corrected chi connectivity index (χ4v) is 3.93. The van der Waals surface area contributed by atoms with Gasteiger partial charge in [0.1, 0.15) is 6.04 Å². The Balaban J connectivity index is 1.32. The summed E-state index contributed by atoms with van der Waals surface area (Å²) in [6, 6.07) is 18.1. The first-order valence-electron chi connectivity index (χ1n) is 9.06. The number of amides is 1. The lowest BCUT2D eigenvalue weighted by atomic mass is 10.0. The summed E-state index contributed by atoms with van der Waals surface area (Å²) < 4.78 is 0. The zero-order chi connectivity index (χ0) is 17.9. The van der Waals surface area contributed by atoms with Gasteiger partial charge in [0.25, 0.3) is 0 Å². The van der Waals surface area contributed by atoms with Gasteiger partial charge in [-0.1, -0.05) is 41.9 Å². The molecule has 5 nitrogen and oxygen atoms in total. The van der Waals surface area contributed by atoms with Crippen molar-refractivity contribution in [2.24, 2.45) is 0 Å². The van der Waals surface area contributed by atoms with E-state index in [2.05, 4.69) is 28.3 Å². The van der Waals surface area contributed by atoms with Gasteiger partial charge in [0, 0.05) is 35.9 Å². The highest BCUT2D eigenvalue weighted by atomic mass is 35.5. The van der Waals surface area contributed by atoms with E-state index in [0.29, 0.717) is 11.1 Å². The van der Waals surface area contributed by atoms with Gasteiger partial charge in [-0.3, -0.25) is 4.79 Å². The van der Waals surface area contributed by atoms with Crippen molar-refractivity contribution in [3.05, 3.63) is 65.2 Å². The van der Waals surface area contributed by atoms with E-state index in [0.717, 1.165) is 37.2 Å². The summed E-state index contributed by atoms with van der Waals surface area (Å²) in [5, 5.41) is 4.23. The summed E-state index contributed by atoms with van der Waals surface area (Å²) in [6.07, 6.45) is 1.70. The lowest BCUT2D eigenvalue weighted by Crippen LogP contribution is -2.45. The summed E-state index contributed by atoms with van der Waals surface area (Å²) in [4.78, 5) is 14.8. The number of likely N-dealkylation sites (tertiary alicyclic amines) is 1. The Hall–Kier alpha value is -2.08. The number of nitrogens with zero attached hydrogens (tertiary/aromatic N) is 1. The highest BCUT2D eigenvalue weighted by Crippen LogP contribution is 2.26. The van der Waals surface area contributed by atoms with E-state index in [1.165, 1.54) is 0 Å². The molecule has 1 amide bonds. The van der Waals surface area contributed by atoms with E-state index in [1.54, 1.807) is 0 Å². The first-order valence-corrected chi connectivity index (χ1v) is 9.44. The lowest BCUT2D eigenvalue weighted by molar-refractivity contribution is -0.132. The van der Waals surface area contributed by atoms with Gasteiger partial charge in [-0.2, -0.15) is 0 Å². The zero-order valence-corrected chi connectivity index (χ0v) is 15.2. The molecule has 2 aliphatic rings. The van der Waals surface area contributed by atoms with Crippen molar-refractivity contribution in [2.75, 3.05) is 18.4 Å². The number of benzene rings is 2. The van der Waals surface area contributed by atoms with Gasteiger partial charge in [0.2, 0.25) is 5.91 Å². The number of hydrazine groups is 1. The Bertz CT molecular complexity index is 769. The van der Waals surface area contributed by atoms with Crippen molar-refractivity contribution in [2.45, 2.75) is 31.0 Å². The number of halogens is 1. The average Bonchev–Trinajstić information content (AvgIpc) is 3.32. The molecule has 3 unspecified atom stereocenters. The third-order valence-corrected chi connectivity index (χ3v) is 5.33. The molecule has 0 spiro atoms. The van der Waals surface area contributed by atoms with E-state index >= 15 is 0 Å². The third-order valence-electron chi connectivity index (χ3n) is 5.10. The molecule has 2 fully saturated rings. The monoisotopic (exact) mass is 370 g/mol. The smallest absolute Gasteiger partial charge is 0.241 e. The predicted molar refractivity (Wildman–Crippen MR) is 104 cm³/mol. The van der Waals surface area contributed by atoms with E-state index in [9.17, 15) is 4.79 Å². The molecule has 0 aromatic heterocycles. The highest BCUT2D eigenvalue weighted by molar-refractivity contribution is 6.30. The quantitative estimate of drug-likeness (QED) is 0.774. The molecular formula is C20H23ClN4O. The number of anilines is 1. The highest BCUT2D eigenvalue weighted by Gasteiger charge is 2.35. The van der Waals surface area contributed by atoms with Crippen molar-refractivity contribution < 1.29 is 4.79 Å². The van der Waals surface area contributed by atoms with Crippen LogP contribution in [0.15, 0.2) is 54.6 Å². The number of para-hydroxylation sites is 1. The first kappa shape index (κ1) is 17.3. The largest absolute Gasteiger partial charge is 0.380 e. The van der Waals surface area contributed by atoms with Crippen LogP contribution in [-0.4, -0.2) is 36.0 Å². The van der Waals surface area contributed by atoms with E-state index in [-0.39, 0.29) is 18.0 Å². The van der Waals surface area contributed by atoms with E-state index in [4.69, 9.17) is 11.6 Å². The summed E-state index contributed by atoms with van der Waals surface area (Å²) >= 11 is 6.08. The predicted octanol–water partition coefficient (Wildman–Crippen LogP) is 2.96. The summed E-state index contributed by atoms with van der Waals surface area (Å²) in [6.45, 7) is 1.54. The van der Waals surface area contributed by atoms with Gasteiger partial charge in [0.15, 0.2) is 0 Å². The van der Waals surface area contributed by atoms with Crippen molar-refractivity contribution in [3.63, 3.8) is 0 Å². The van der Waals surface area contributed by atoms with Crippen LogP contribution >= 0.6 is 11.6 Å². The SMILES string of the molecule is O=C(C1CC(c2cccc(Cl)c2)NN1)N1CCC(Nc2ccccc2)C1.